The molecule has 120 valence electrons. The van der Waals surface area contributed by atoms with Crippen LogP contribution in [0.15, 0.2) is 54.6 Å². The van der Waals surface area contributed by atoms with Gasteiger partial charge in [-0.15, -0.1) is 0 Å². The molecule has 0 spiro atoms. The van der Waals surface area contributed by atoms with Crippen molar-refractivity contribution in [2.45, 2.75) is 12.6 Å². The fourth-order valence-electron chi connectivity index (χ4n) is 2.06. The second kappa shape index (κ2) is 7.84. The molecular weight excluding hydrogens is 298 g/mol. The maximum Gasteiger partial charge on any atom is 0.408 e. The van der Waals surface area contributed by atoms with Crippen molar-refractivity contribution >= 4 is 12.1 Å². The van der Waals surface area contributed by atoms with E-state index in [1.807, 2.05) is 30.3 Å². The lowest BCUT2D eigenvalue weighted by molar-refractivity contribution is -0.139. The van der Waals surface area contributed by atoms with E-state index in [2.05, 4.69) is 5.32 Å². The quantitative estimate of drug-likeness (QED) is 0.856. The van der Waals surface area contributed by atoms with Crippen LogP contribution in [0.2, 0.25) is 0 Å². The molecule has 0 fully saturated rings. The van der Waals surface area contributed by atoms with E-state index in [1.54, 1.807) is 24.3 Å². The number of hydrogen-bond donors (Lipinski definition) is 2. The van der Waals surface area contributed by atoms with Crippen LogP contribution in [0.5, 0.6) is 5.75 Å². The number of aliphatic carboxylic acids is 1. The topological polar surface area (TPSA) is 84.9 Å². The molecule has 0 aliphatic rings. The molecule has 2 aromatic carbocycles. The van der Waals surface area contributed by atoms with Crippen LogP contribution in [0.3, 0.4) is 0 Å². The standard InChI is InChI=1S/C17H17NO5/c1-22-14-10-6-5-9-13(14)15(16(19)20)18-17(21)23-11-12-7-3-2-4-8-12/h2-10,15H,11H2,1H3,(H,18,21)(H,19,20)/t15-/m1/s1. The minimum atomic E-state index is -1.26. The Morgan fingerprint density at radius 2 is 1.74 bits per heavy atom. The fraction of sp³-hybridized carbons (Fsp3) is 0.176. The van der Waals surface area contributed by atoms with E-state index in [0.717, 1.165) is 5.56 Å². The SMILES string of the molecule is COc1ccccc1[C@@H](NC(=O)OCc1ccccc1)C(=O)O. The van der Waals surface area contributed by atoms with Gasteiger partial charge in [0.2, 0.25) is 0 Å². The zero-order valence-electron chi connectivity index (χ0n) is 12.6. The van der Waals surface area contributed by atoms with Crippen LogP contribution < -0.4 is 10.1 Å². The number of methoxy groups -OCH3 is 1. The molecule has 23 heavy (non-hydrogen) atoms. The van der Waals surface area contributed by atoms with E-state index >= 15 is 0 Å². The largest absolute Gasteiger partial charge is 0.496 e. The third-order valence-electron chi connectivity index (χ3n) is 3.17. The molecule has 1 atom stereocenters. The Balaban J connectivity index is 2.04. The first-order valence-electron chi connectivity index (χ1n) is 6.94. The Morgan fingerprint density at radius 1 is 1.09 bits per heavy atom. The molecule has 0 saturated carbocycles. The minimum Gasteiger partial charge on any atom is -0.496 e. The highest BCUT2D eigenvalue weighted by Gasteiger charge is 2.25. The summed E-state index contributed by atoms with van der Waals surface area (Å²) in [7, 11) is 1.44. The summed E-state index contributed by atoms with van der Waals surface area (Å²) in [5, 5.41) is 11.7. The van der Waals surface area contributed by atoms with Crippen molar-refractivity contribution in [3.8, 4) is 5.75 Å². The van der Waals surface area contributed by atoms with Crippen molar-refractivity contribution in [1.82, 2.24) is 5.32 Å². The number of carbonyl (C=O) groups excluding carboxylic acids is 1. The van der Waals surface area contributed by atoms with Gasteiger partial charge in [-0.3, -0.25) is 0 Å². The lowest BCUT2D eigenvalue weighted by Crippen LogP contribution is -2.34. The second-order valence-corrected chi connectivity index (χ2v) is 4.72. The normalized spacial score (nSPS) is 11.3. The first-order valence-corrected chi connectivity index (χ1v) is 6.94. The highest BCUT2D eigenvalue weighted by molar-refractivity contribution is 5.82. The lowest BCUT2D eigenvalue weighted by Gasteiger charge is -2.17. The minimum absolute atomic E-state index is 0.0605. The van der Waals surface area contributed by atoms with Crippen LogP contribution in [0, 0.1) is 0 Å². The van der Waals surface area contributed by atoms with Crippen molar-refractivity contribution in [3.63, 3.8) is 0 Å². The van der Waals surface area contributed by atoms with Crippen molar-refractivity contribution in [1.29, 1.82) is 0 Å². The van der Waals surface area contributed by atoms with Crippen molar-refractivity contribution < 1.29 is 24.2 Å². The average Bonchev–Trinajstić information content (AvgIpc) is 2.58. The summed E-state index contributed by atoms with van der Waals surface area (Å²) in [5.74, 6) is -0.825. The molecule has 0 aromatic heterocycles. The fourth-order valence-corrected chi connectivity index (χ4v) is 2.06. The molecule has 0 bridgehead atoms. The zero-order valence-corrected chi connectivity index (χ0v) is 12.6. The average molecular weight is 315 g/mol. The highest BCUT2D eigenvalue weighted by Crippen LogP contribution is 2.25. The van der Waals surface area contributed by atoms with Gasteiger partial charge in [-0.25, -0.2) is 9.59 Å². The molecule has 2 aromatic rings. The van der Waals surface area contributed by atoms with E-state index in [-0.39, 0.29) is 6.61 Å². The summed E-state index contributed by atoms with van der Waals surface area (Å²) in [6, 6.07) is 14.5. The van der Waals surface area contributed by atoms with Gasteiger partial charge in [0.05, 0.1) is 7.11 Å². The predicted octanol–water partition coefficient (Wildman–Crippen LogP) is 2.75. The van der Waals surface area contributed by atoms with Gasteiger partial charge in [0.1, 0.15) is 12.4 Å². The third kappa shape index (κ3) is 4.47. The first-order chi connectivity index (χ1) is 11.1. The van der Waals surface area contributed by atoms with Gasteiger partial charge in [0, 0.05) is 5.56 Å². The summed E-state index contributed by atoms with van der Waals surface area (Å²) in [4.78, 5) is 23.3. The molecule has 6 heteroatoms. The number of alkyl carbamates (subject to hydrolysis) is 1. The molecule has 0 aliphatic carbocycles. The van der Waals surface area contributed by atoms with Crippen LogP contribution in [0.1, 0.15) is 17.2 Å². The predicted molar refractivity (Wildman–Crippen MR) is 83.1 cm³/mol. The van der Waals surface area contributed by atoms with Crippen LogP contribution in [-0.2, 0) is 16.1 Å². The first kappa shape index (κ1) is 16.4. The van der Waals surface area contributed by atoms with Gasteiger partial charge in [-0.05, 0) is 11.6 Å². The molecule has 0 unspecified atom stereocenters. The third-order valence-corrected chi connectivity index (χ3v) is 3.17. The summed E-state index contributed by atoms with van der Waals surface area (Å²) >= 11 is 0. The van der Waals surface area contributed by atoms with Crippen molar-refractivity contribution in [2.24, 2.45) is 0 Å². The molecule has 0 heterocycles. The molecular formula is C17H17NO5. The Hall–Kier alpha value is -3.02. The summed E-state index contributed by atoms with van der Waals surface area (Å²) < 4.78 is 10.2. The van der Waals surface area contributed by atoms with E-state index in [4.69, 9.17) is 9.47 Å². The number of nitrogens with one attached hydrogen (secondary N) is 1. The maximum atomic E-state index is 11.9. The highest BCUT2D eigenvalue weighted by atomic mass is 16.5. The Morgan fingerprint density at radius 3 is 2.39 bits per heavy atom. The van der Waals surface area contributed by atoms with Crippen molar-refractivity contribution in [2.75, 3.05) is 7.11 Å². The molecule has 6 nitrogen and oxygen atoms in total. The lowest BCUT2D eigenvalue weighted by atomic mass is 10.1. The van der Waals surface area contributed by atoms with E-state index in [1.165, 1.54) is 7.11 Å². The van der Waals surface area contributed by atoms with Gasteiger partial charge in [-0.1, -0.05) is 48.5 Å². The monoisotopic (exact) mass is 315 g/mol. The molecule has 2 N–H and O–H groups in total. The number of carboxylic acids is 1. The Bertz CT molecular complexity index is 672. The van der Waals surface area contributed by atoms with E-state index in [9.17, 15) is 14.7 Å². The number of carboxylic acid groups (broad SMARTS) is 1. The van der Waals surface area contributed by atoms with Gasteiger partial charge in [0.15, 0.2) is 6.04 Å². The summed E-state index contributed by atoms with van der Waals surface area (Å²) in [6.45, 7) is 0.0605. The number of carbonyl (C=O) groups is 2. The van der Waals surface area contributed by atoms with Crippen LogP contribution in [0.25, 0.3) is 0 Å². The number of benzene rings is 2. The molecule has 0 aliphatic heterocycles. The molecule has 0 saturated heterocycles. The van der Waals surface area contributed by atoms with Crippen LogP contribution >= 0.6 is 0 Å². The number of rotatable bonds is 6. The van der Waals surface area contributed by atoms with Crippen LogP contribution in [-0.4, -0.2) is 24.3 Å². The second-order valence-electron chi connectivity index (χ2n) is 4.72. The van der Waals surface area contributed by atoms with Gasteiger partial charge in [-0.2, -0.15) is 0 Å². The van der Waals surface area contributed by atoms with Crippen molar-refractivity contribution in [3.05, 3.63) is 65.7 Å². The molecule has 1 amide bonds. The smallest absolute Gasteiger partial charge is 0.408 e. The summed E-state index contributed by atoms with van der Waals surface area (Å²) in [6.07, 6.45) is -0.813. The number of hydrogen-bond acceptors (Lipinski definition) is 4. The number of amides is 1. The van der Waals surface area contributed by atoms with Crippen LogP contribution in [0.4, 0.5) is 4.79 Å². The van der Waals surface area contributed by atoms with E-state index in [0.29, 0.717) is 11.3 Å². The zero-order chi connectivity index (χ0) is 16.7. The number of para-hydroxylation sites is 1. The summed E-state index contributed by atoms with van der Waals surface area (Å²) in [5.41, 5.74) is 1.16. The maximum absolute atomic E-state index is 11.9. The molecule has 0 radical (unpaired) electrons. The number of ether oxygens (including phenoxy) is 2. The Kier molecular flexibility index (Phi) is 5.57. The Labute approximate surface area is 133 Å². The van der Waals surface area contributed by atoms with Gasteiger partial charge < -0.3 is 19.9 Å². The molecule has 2 rings (SSSR count). The van der Waals surface area contributed by atoms with Gasteiger partial charge in [0.25, 0.3) is 0 Å². The van der Waals surface area contributed by atoms with E-state index < -0.39 is 18.1 Å². The van der Waals surface area contributed by atoms with Gasteiger partial charge >= 0.3 is 12.1 Å².